The molecule has 62 heavy (non-hydrogen) atoms. The van der Waals surface area contributed by atoms with Gasteiger partial charge in [-0.1, -0.05) is 188 Å². The van der Waals surface area contributed by atoms with Gasteiger partial charge in [0.25, 0.3) is 0 Å². The molecular weight excluding hydrogens is 753 g/mol. The summed E-state index contributed by atoms with van der Waals surface area (Å²) in [5.41, 5.74) is 20.6. The van der Waals surface area contributed by atoms with E-state index in [1.807, 2.05) is 12.1 Å². The minimum Gasteiger partial charge on any atom is -0.456 e. The summed E-state index contributed by atoms with van der Waals surface area (Å²) in [6.07, 6.45) is 0. The lowest BCUT2D eigenvalue weighted by Crippen LogP contribution is -2.29. The molecule has 2 aliphatic carbocycles. The Bertz CT molecular complexity index is 3530. The first-order valence-electron chi connectivity index (χ1n) is 21.2. The topological polar surface area (TPSA) is 38.9 Å². The number of para-hydroxylation sites is 1. The van der Waals surface area contributed by atoms with Gasteiger partial charge < -0.3 is 4.42 Å². The van der Waals surface area contributed by atoms with Gasteiger partial charge >= 0.3 is 0 Å². The largest absolute Gasteiger partial charge is 0.456 e. The molecule has 0 aliphatic heterocycles. The molecule has 9 aromatic carbocycles. The molecule has 0 unspecified atom stereocenters. The van der Waals surface area contributed by atoms with Gasteiger partial charge in [0.15, 0.2) is 5.82 Å². The summed E-state index contributed by atoms with van der Waals surface area (Å²) in [7, 11) is 0. The quantitative estimate of drug-likeness (QED) is 0.178. The minimum absolute atomic E-state index is 0.554. The SMILES string of the molecule is c1ccc(-c2ccccc2-c2cc(-c3ccc4c(c3)oc3ccccc34)nc(-c3ccc4c(c3)-c3ccccc3C43c4ccccc4-c4ccccc4-c4ccccc43)n2)cc1. The van der Waals surface area contributed by atoms with E-state index in [2.05, 4.69) is 206 Å². The highest BCUT2D eigenvalue weighted by molar-refractivity contribution is 6.06. The zero-order valence-corrected chi connectivity index (χ0v) is 33.6. The fourth-order valence-electron chi connectivity index (χ4n) is 10.5. The Hall–Kier alpha value is -8.14. The number of fused-ring (bicyclic) bond motifs is 15. The molecule has 3 heteroatoms. The maximum absolute atomic E-state index is 6.40. The fraction of sp³-hybridized carbons (Fsp3) is 0.0169. The van der Waals surface area contributed by atoms with Crippen LogP contribution in [-0.4, -0.2) is 9.97 Å². The van der Waals surface area contributed by atoms with Gasteiger partial charge in [-0.2, -0.15) is 0 Å². The van der Waals surface area contributed by atoms with Crippen LogP contribution < -0.4 is 0 Å². The highest BCUT2D eigenvalue weighted by Crippen LogP contribution is 2.61. The van der Waals surface area contributed by atoms with Crippen LogP contribution in [0.4, 0.5) is 0 Å². The number of nitrogens with zero attached hydrogens (tertiary/aromatic N) is 2. The summed E-state index contributed by atoms with van der Waals surface area (Å²) in [5.74, 6) is 0.667. The summed E-state index contributed by atoms with van der Waals surface area (Å²) in [6, 6.07) is 78.7. The zero-order valence-electron chi connectivity index (χ0n) is 33.6. The Morgan fingerprint density at radius 1 is 0.290 bits per heavy atom. The van der Waals surface area contributed by atoms with Crippen molar-refractivity contribution in [3.05, 3.63) is 241 Å². The Kier molecular flexibility index (Phi) is 7.52. The van der Waals surface area contributed by atoms with Gasteiger partial charge in [0.05, 0.1) is 16.8 Å². The van der Waals surface area contributed by atoms with Crippen molar-refractivity contribution in [1.29, 1.82) is 0 Å². The molecule has 0 amide bonds. The summed E-state index contributed by atoms with van der Waals surface area (Å²) < 4.78 is 6.40. The van der Waals surface area contributed by atoms with Crippen LogP contribution in [0.5, 0.6) is 0 Å². The van der Waals surface area contributed by atoms with E-state index in [1.165, 1.54) is 55.6 Å². The summed E-state index contributed by atoms with van der Waals surface area (Å²) in [5, 5.41) is 2.19. The van der Waals surface area contributed by atoms with Crippen molar-refractivity contribution < 1.29 is 4.42 Å². The van der Waals surface area contributed by atoms with E-state index in [9.17, 15) is 0 Å². The van der Waals surface area contributed by atoms with Gasteiger partial charge in [0, 0.05) is 27.5 Å². The van der Waals surface area contributed by atoms with Crippen LogP contribution in [0.25, 0.3) is 100 Å². The van der Waals surface area contributed by atoms with E-state index in [0.717, 1.165) is 61.1 Å². The van der Waals surface area contributed by atoms with E-state index in [-0.39, 0.29) is 0 Å². The third-order valence-electron chi connectivity index (χ3n) is 13.2. The molecule has 3 nitrogen and oxygen atoms in total. The first-order chi connectivity index (χ1) is 30.7. The van der Waals surface area contributed by atoms with Crippen molar-refractivity contribution in [3.8, 4) is 78.4 Å². The number of rotatable bonds is 4. The summed E-state index contributed by atoms with van der Waals surface area (Å²) in [6.45, 7) is 0. The second-order valence-electron chi connectivity index (χ2n) is 16.4. The third-order valence-corrected chi connectivity index (χ3v) is 13.2. The normalized spacial score (nSPS) is 13.0. The lowest BCUT2D eigenvalue weighted by Gasteiger charge is -2.35. The van der Waals surface area contributed by atoms with Crippen molar-refractivity contribution in [2.45, 2.75) is 5.41 Å². The van der Waals surface area contributed by atoms with Crippen LogP contribution in [-0.2, 0) is 5.41 Å². The molecular formula is C59H36N2O. The average molecular weight is 789 g/mol. The second-order valence-corrected chi connectivity index (χ2v) is 16.4. The van der Waals surface area contributed by atoms with Gasteiger partial charge in [-0.25, -0.2) is 9.97 Å². The van der Waals surface area contributed by atoms with Crippen molar-refractivity contribution in [1.82, 2.24) is 9.97 Å². The van der Waals surface area contributed by atoms with E-state index < -0.39 is 5.41 Å². The third kappa shape index (κ3) is 5.00. The van der Waals surface area contributed by atoms with Crippen molar-refractivity contribution in [3.63, 3.8) is 0 Å². The monoisotopic (exact) mass is 788 g/mol. The van der Waals surface area contributed by atoms with E-state index in [4.69, 9.17) is 14.4 Å². The second kappa shape index (κ2) is 13.4. The zero-order chi connectivity index (χ0) is 40.8. The van der Waals surface area contributed by atoms with Crippen molar-refractivity contribution in [2.75, 3.05) is 0 Å². The maximum atomic E-state index is 6.40. The van der Waals surface area contributed by atoms with Gasteiger partial charge in [-0.3, -0.25) is 0 Å². The van der Waals surface area contributed by atoms with Gasteiger partial charge in [-0.05, 0) is 97.1 Å². The van der Waals surface area contributed by atoms with Crippen LogP contribution in [0.1, 0.15) is 22.3 Å². The van der Waals surface area contributed by atoms with Crippen LogP contribution in [0, 0.1) is 0 Å². The Labute approximate surface area is 359 Å². The summed E-state index contributed by atoms with van der Waals surface area (Å²) in [4.78, 5) is 10.9. The van der Waals surface area contributed by atoms with E-state index in [1.54, 1.807) is 0 Å². The van der Waals surface area contributed by atoms with Crippen molar-refractivity contribution >= 4 is 21.9 Å². The van der Waals surface area contributed by atoms with Gasteiger partial charge in [-0.15, -0.1) is 0 Å². The van der Waals surface area contributed by atoms with Crippen LogP contribution in [0.3, 0.4) is 0 Å². The molecule has 1 spiro atoms. The maximum Gasteiger partial charge on any atom is 0.160 e. The Morgan fingerprint density at radius 3 is 1.48 bits per heavy atom. The average Bonchev–Trinajstić information content (AvgIpc) is 3.84. The Balaban J connectivity index is 1.06. The molecule has 0 radical (unpaired) electrons. The number of hydrogen-bond donors (Lipinski definition) is 0. The molecule has 0 saturated carbocycles. The molecule has 0 fully saturated rings. The fourth-order valence-corrected chi connectivity index (χ4v) is 10.5. The predicted molar refractivity (Wildman–Crippen MR) is 253 cm³/mol. The molecule has 288 valence electrons. The minimum atomic E-state index is -0.554. The molecule has 0 atom stereocenters. The summed E-state index contributed by atoms with van der Waals surface area (Å²) >= 11 is 0. The number of aromatic nitrogens is 2. The molecule has 0 saturated heterocycles. The highest BCUT2D eigenvalue weighted by Gasteiger charge is 2.49. The first kappa shape index (κ1) is 34.7. The standard InChI is InChI=1S/C59H36N2O/c1-2-16-37(17-3-1)40-18-4-7-24-46(40)55-36-54(38-30-32-48-47-25-11-15-29-56(47)62-57(48)35-38)60-58(61-55)39-31-33-53-49(34-39)45-23-10-14-28-52(45)59(53)50-26-12-8-21-43(50)41-19-5-6-20-42(41)44-22-9-13-27-51(44)59/h1-36H. The molecule has 0 bridgehead atoms. The first-order valence-corrected chi connectivity index (χ1v) is 21.2. The van der Waals surface area contributed by atoms with E-state index >= 15 is 0 Å². The molecule has 2 heterocycles. The van der Waals surface area contributed by atoms with Gasteiger partial charge in [0.1, 0.15) is 11.2 Å². The van der Waals surface area contributed by atoms with Crippen LogP contribution in [0.15, 0.2) is 223 Å². The smallest absolute Gasteiger partial charge is 0.160 e. The lowest BCUT2D eigenvalue weighted by molar-refractivity contribution is 0.669. The molecule has 2 aliphatic rings. The Morgan fingerprint density at radius 2 is 0.790 bits per heavy atom. The molecule has 0 N–H and O–H groups in total. The highest BCUT2D eigenvalue weighted by atomic mass is 16.3. The number of benzene rings is 9. The van der Waals surface area contributed by atoms with Crippen LogP contribution >= 0.6 is 0 Å². The number of furan rings is 1. The number of hydrogen-bond acceptors (Lipinski definition) is 3. The lowest BCUT2D eigenvalue weighted by atomic mass is 9.66. The van der Waals surface area contributed by atoms with E-state index in [0.29, 0.717) is 5.82 Å². The van der Waals surface area contributed by atoms with Gasteiger partial charge in [0.2, 0.25) is 0 Å². The molecule has 2 aromatic heterocycles. The van der Waals surface area contributed by atoms with Crippen molar-refractivity contribution in [2.24, 2.45) is 0 Å². The molecule has 13 rings (SSSR count). The molecule has 11 aromatic rings. The van der Waals surface area contributed by atoms with Crippen LogP contribution in [0.2, 0.25) is 0 Å². The predicted octanol–water partition coefficient (Wildman–Crippen LogP) is 15.1.